The Hall–Kier alpha value is -1.85. The molecule has 0 N–H and O–H groups in total. The molecule has 2 bridgehead atoms. The molecule has 2 rings (SSSR count). The van der Waals surface area contributed by atoms with Crippen LogP contribution < -0.4 is 5.11 Å². The van der Waals surface area contributed by atoms with Crippen molar-refractivity contribution in [2.75, 3.05) is 6.61 Å². The third kappa shape index (κ3) is 3.25. The number of hydrogen-bond acceptors (Lipinski definition) is 6. The van der Waals surface area contributed by atoms with Gasteiger partial charge in [0.1, 0.15) is 12.7 Å². The van der Waals surface area contributed by atoms with E-state index in [0.717, 1.165) is 25.3 Å². The summed E-state index contributed by atoms with van der Waals surface area (Å²) in [6.07, 6.45) is 2.87. The fourth-order valence-corrected chi connectivity index (χ4v) is 3.55. The highest BCUT2D eigenvalue weighted by Crippen LogP contribution is 2.52. The highest BCUT2D eigenvalue weighted by molar-refractivity contribution is 5.82. The van der Waals surface area contributed by atoms with Crippen LogP contribution in [0.25, 0.3) is 0 Å². The second-order valence-corrected chi connectivity index (χ2v) is 5.79. The Labute approximate surface area is 123 Å². The molecule has 6 nitrogen and oxygen atoms in total. The van der Waals surface area contributed by atoms with E-state index >= 15 is 0 Å². The lowest BCUT2D eigenvalue weighted by Crippen LogP contribution is -2.43. The molecule has 0 aromatic rings. The van der Waals surface area contributed by atoms with E-state index in [0.29, 0.717) is 0 Å². The lowest BCUT2D eigenvalue weighted by Gasteiger charge is -2.30. The standard InChI is InChI=1S/C15H20O6/c1-3-11(16)21-8(2)7-20-15(19)13-10-5-4-9(6-10)12(13)14(17)18/h3,8-10,12-13H,1,4-7H2,2H3,(H,17,18)/p-1. The molecule has 0 amide bonds. The van der Waals surface area contributed by atoms with E-state index in [-0.39, 0.29) is 18.4 Å². The lowest BCUT2D eigenvalue weighted by molar-refractivity contribution is -0.315. The number of ether oxygens (including phenoxy) is 2. The van der Waals surface area contributed by atoms with Crippen LogP contribution >= 0.6 is 0 Å². The van der Waals surface area contributed by atoms with E-state index in [4.69, 9.17) is 9.47 Å². The van der Waals surface area contributed by atoms with Crippen molar-refractivity contribution in [3.8, 4) is 0 Å². The summed E-state index contributed by atoms with van der Waals surface area (Å²) in [5.74, 6) is -3.58. The van der Waals surface area contributed by atoms with Gasteiger partial charge < -0.3 is 19.4 Å². The van der Waals surface area contributed by atoms with E-state index in [2.05, 4.69) is 6.58 Å². The van der Waals surface area contributed by atoms with Crippen LogP contribution in [-0.2, 0) is 23.9 Å². The maximum absolute atomic E-state index is 12.1. The van der Waals surface area contributed by atoms with Gasteiger partial charge in [-0.2, -0.15) is 0 Å². The summed E-state index contributed by atoms with van der Waals surface area (Å²) in [5, 5.41) is 11.2. The van der Waals surface area contributed by atoms with Crippen LogP contribution in [0.5, 0.6) is 0 Å². The highest BCUT2D eigenvalue weighted by Gasteiger charge is 2.52. The first-order valence-electron chi connectivity index (χ1n) is 7.14. The molecule has 6 heteroatoms. The normalized spacial score (nSPS) is 31.5. The molecule has 0 radical (unpaired) electrons. The molecule has 0 saturated heterocycles. The van der Waals surface area contributed by atoms with Crippen LogP contribution in [0.4, 0.5) is 0 Å². The SMILES string of the molecule is C=CC(=O)OC(C)COC(=O)C1C2CCC(C2)C1C(=O)[O-]. The second kappa shape index (κ2) is 6.28. The Kier molecular flexibility index (Phi) is 4.65. The fourth-order valence-electron chi connectivity index (χ4n) is 3.55. The fraction of sp³-hybridized carbons (Fsp3) is 0.667. The molecule has 0 heterocycles. The molecule has 2 aliphatic rings. The van der Waals surface area contributed by atoms with Crippen molar-refractivity contribution in [2.24, 2.45) is 23.7 Å². The summed E-state index contributed by atoms with van der Waals surface area (Å²) in [6, 6.07) is 0. The summed E-state index contributed by atoms with van der Waals surface area (Å²) in [5.41, 5.74) is 0. The minimum Gasteiger partial charge on any atom is -0.550 e. The highest BCUT2D eigenvalue weighted by atomic mass is 16.6. The lowest BCUT2D eigenvalue weighted by atomic mass is 9.79. The number of rotatable bonds is 6. The molecule has 5 atom stereocenters. The molecule has 2 aliphatic carbocycles. The smallest absolute Gasteiger partial charge is 0.330 e. The predicted molar refractivity (Wildman–Crippen MR) is 69.5 cm³/mol. The first-order chi connectivity index (χ1) is 9.93. The molecular weight excluding hydrogens is 276 g/mol. The molecule has 21 heavy (non-hydrogen) atoms. The van der Waals surface area contributed by atoms with Gasteiger partial charge in [-0.25, -0.2) is 4.79 Å². The van der Waals surface area contributed by atoms with Gasteiger partial charge in [0.05, 0.1) is 5.92 Å². The Morgan fingerprint density at radius 2 is 1.90 bits per heavy atom. The monoisotopic (exact) mass is 295 g/mol. The number of esters is 2. The van der Waals surface area contributed by atoms with Gasteiger partial charge >= 0.3 is 11.9 Å². The zero-order valence-corrected chi connectivity index (χ0v) is 11.9. The maximum Gasteiger partial charge on any atom is 0.330 e. The molecule has 0 spiro atoms. The minimum absolute atomic E-state index is 0.0218. The number of aliphatic carboxylic acids is 1. The summed E-state index contributed by atoms with van der Waals surface area (Å²) in [6.45, 7) is 4.77. The van der Waals surface area contributed by atoms with Gasteiger partial charge in [-0.3, -0.25) is 4.79 Å². The number of hydrogen-bond donors (Lipinski definition) is 0. The van der Waals surface area contributed by atoms with E-state index in [9.17, 15) is 19.5 Å². The third-order valence-electron chi connectivity index (χ3n) is 4.41. The van der Waals surface area contributed by atoms with Gasteiger partial charge in [0.25, 0.3) is 0 Å². The van der Waals surface area contributed by atoms with Crippen LogP contribution in [0.3, 0.4) is 0 Å². The maximum atomic E-state index is 12.1. The van der Waals surface area contributed by atoms with Crippen molar-refractivity contribution in [3.63, 3.8) is 0 Å². The number of fused-ring (bicyclic) bond motifs is 2. The molecule has 0 aliphatic heterocycles. The van der Waals surface area contributed by atoms with E-state index < -0.39 is 35.8 Å². The van der Waals surface area contributed by atoms with Crippen LogP contribution in [-0.4, -0.2) is 30.6 Å². The van der Waals surface area contributed by atoms with Gasteiger partial charge in [0, 0.05) is 18.0 Å². The average molecular weight is 295 g/mol. The first-order valence-corrected chi connectivity index (χ1v) is 7.14. The summed E-state index contributed by atoms with van der Waals surface area (Å²) in [4.78, 5) is 34.4. The van der Waals surface area contributed by atoms with Gasteiger partial charge in [-0.1, -0.05) is 6.58 Å². The summed E-state index contributed by atoms with van der Waals surface area (Å²) in [7, 11) is 0. The Morgan fingerprint density at radius 3 is 2.48 bits per heavy atom. The van der Waals surface area contributed by atoms with Gasteiger partial charge in [0.2, 0.25) is 0 Å². The first kappa shape index (κ1) is 15.5. The molecule has 2 saturated carbocycles. The van der Waals surface area contributed by atoms with Crippen molar-refractivity contribution < 1.29 is 29.0 Å². The third-order valence-corrected chi connectivity index (χ3v) is 4.41. The second-order valence-electron chi connectivity index (χ2n) is 5.79. The van der Waals surface area contributed by atoms with Crippen molar-refractivity contribution in [1.29, 1.82) is 0 Å². The van der Waals surface area contributed by atoms with Crippen molar-refractivity contribution >= 4 is 17.9 Å². The molecule has 116 valence electrons. The average Bonchev–Trinajstić information content (AvgIpc) is 3.04. The Balaban J connectivity index is 1.89. The topological polar surface area (TPSA) is 92.7 Å². The number of carbonyl (C=O) groups is 3. The van der Waals surface area contributed by atoms with Crippen molar-refractivity contribution in [1.82, 2.24) is 0 Å². The van der Waals surface area contributed by atoms with Gasteiger partial charge in [-0.05, 0) is 38.0 Å². The number of carboxylic acid groups (broad SMARTS) is 1. The van der Waals surface area contributed by atoms with Gasteiger partial charge in [-0.15, -0.1) is 0 Å². The van der Waals surface area contributed by atoms with Crippen LogP contribution in [0.1, 0.15) is 26.2 Å². The number of carbonyl (C=O) groups excluding carboxylic acids is 3. The zero-order valence-electron chi connectivity index (χ0n) is 11.9. The van der Waals surface area contributed by atoms with Crippen LogP contribution in [0.2, 0.25) is 0 Å². The molecule has 5 unspecified atom stereocenters. The minimum atomic E-state index is -1.17. The number of carboxylic acids is 1. The molecule has 0 aromatic heterocycles. The van der Waals surface area contributed by atoms with Crippen LogP contribution in [0.15, 0.2) is 12.7 Å². The summed E-state index contributed by atoms with van der Waals surface area (Å²) < 4.78 is 10.0. The molecular formula is C15H19O6-. The Morgan fingerprint density at radius 1 is 1.29 bits per heavy atom. The van der Waals surface area contributed by atoms with E-state index in [1.54, 1.807) is 6.92 Å². The van der Waals surface area contributed by atoms with E-state index in [1.807, 2.05) is 0 Å². The molecule has 2 fully saturated rings. The van der Waals surface area contributed by atoms with Gasteiger partial charge in [0.15, 0.2) is 0 Å². The zero-order chi connectivity index (χ0) is 15.6. The molecule has 0 aromatic carbocycles. The van der Waals surface area contributed by atoms with E-state index in [1.165, 1.54) is 0 Å². The largest absolute Gasteiger partial charge is 0.550 e. The van der Waals surface area contributed by atoms with Crippen molar-refractivity contribution in [2.45, 2.75) is 32.3 Å². The quantitative estimate of drug-likeness (QED) is 0.508. The van der Waals surface area contributed by atoms with Crippen molar-refractivity contribution in [3.05, 3.63) is 12.7 Å². The summed E-state index contributed by atoms with van der Waals surface area (Å²) >= 11 is 0. The van der Waals surface area contributed by atoms with Crippen LogP contribution in [0, 0.1) is 23.7 Å². The Bertz CT molecular complexity index is 457. The predicted octanol–water partition coefficient (Wildman–Crippen LogP) is 0.0595.